The summed E-state index contributed by atoms with van der Waals surface area (Å²) < 4.78 is 5.12. The molecule has 2 aromatic rings. The number of carbonyl (C=O) groups is 1. The molecule has 0 saturated heterocycles. The number of anilines is 3. The molecular formula is C20H26N2O2. The molecule has 4 heteroatoms. The lowest BCUT2D eigenvalue weighted by Crippen LogP contribution is -2.07. The van der Waals surface area contributed by atoms with Crippen molar-refractivity contribution in [3.8, 4) is 0 Å². The number of benzene rings is 2. The highest BCUT2D eigenvalue weighted by atomic mass is 16.5. The van der Waals surface area contributed by atoms with Gasteiger partial charge in [0.25, 0.3) is 0 Å². The molecule has 4 nitrogen and oxygen atoms in total. The van der Waals surface area contributed by atoms with E-state index in [1.165, 1.54) is 18.4 Å². The highest BCUT2D eigenvalue weighted by molar-refractivity contribution is 5.92. The lowest BCUT2D eigenvalue weighted by atomic mass is 10.1. The first kappa shape index (κ1) is 17.9. The molecular weight excluding hydrogens is 300 g/mol. The minimum Gasteiger partial charge on any atom is -0.462 e. The summed E-state index contributed by atoms with van der Waals surface area (Å²) in [6.45, 7) is 4.58. The van der Waals surface area contributed by atoms with Gasteiger partial charge in [0.15, 0.2) is 0 Å². The van der Waals surface area contributed by atoms with Crippen molar-refractivity contribution in [2.45, 2.75) is 39.5 Å². The van der Waals surface area contributed by atoms with Crippen molar-refractivity contribution in [1.29, 1.82) is 0 Å². The minimum absolute atomic E-state index is 0.338. The molecule has 0 aromatic heterocycles. The number of nitrogens with two attached hydrogens (primary N) is 1. The molecule has 0 aliphatic carbocycles. The summed E-state index contributed by atoms with van der Waals surface area (Å²) in [5.74, 6) is -0.338. The normalized spacial score (nSPS) is 10.4. The van der Waals surface area contributed by atoms with Gasteiger partial charge in [0.1, 0.15) is 0 Å². The van der Waals surface area contributed by atoms with Crippen LogP contribution in [0.2, 0.25) is 0 Å². The number of carbonyl (C=O) groups excluding carboxylic acids is 1. The van der Waals surface area contributed by atoms with Crippen LogP contribution in [-0.4, -0.2) is 12.6 Å². The number of hydrogen-bond donors (Lipinski definition) is 2. The van der Waals surface area contributed by atoms with Crippen LogP contribution in [0, 0.1) is 0 Å². The number of aryl methyl sites for hydroxylation is 1. The molecule has 0 amide bonds. The first-order chi connectivity index (χ1) is 11.6. The van der Waals surface area contributed by atoms with Gasteiger partial charge in [0.2, 0.25) is 0 Å². The fourth-order valence-electron chi connectivity index (χ4n) is 2.37. The van der Waals surface area contributed by atoms with Crippen LogP contribution in [0.25, 0.3) is 0 Å². The van der Waals surface area contributed by atoms with Crippen LogP contribution in [0.1, 0.15) is 49.0 Å². The molecule has 2 rings (SSSR count). The third kappa shape index (κ3) is 5.01. The standard InChI is InChI=1S/C20H26N2O2/c1-3-5-6-15-7-10-17(11-8-15)22-19-12-9-16(14-18(19)21)20(23)24-13-4-2/h7-12,14,22H,3-6,13,21H2,1-2H3. The van der Waals surface area contributed by atoms with Crippen molar-refractivity contribution >= 4 is 23.0 Å². The first-order valence-electron chi connectivity index (χ1n) is 8.56. The maximum atomic E-state index is 11.9. The molecule has 0 unspecified atom stereocenters. The van der Waals surface area contributed by atoms with Gasteiger partial charge in [0.05, 0.1) is 23.5 Å². The molecule has 0 aliphatic rings. The lowest BCUT2D eigenvalue weighted by Gasteiger charge is -2.11. The monoisotopic (exact) mass is 326 g/mol. The average molecular weight is 326 g/mol. The van der Waals surface area contributed by atoms with Gasteiger partial charge >= 0.3 is 5.97 Å². The third-order valence-corrected chi connectivity index (χ3v) is 3.78. The Morgan fingerprint density at radius 1 is 1.08 bits per heavy atom. The van der Waals surface area contributed by atoms with Crippen molar-refractivity contribution < 1.29 is 9.53 Å². The van der Waals surface area contributed by atoms with Gasteiger partial charge in [0, 0.05) is 5.69 Å². The Hall–Kier alpha value is -2.49. The largest absolute Gasteiger partial charge is 0.462 e. The van der Waals surface area contributed by atoms with Gasteiger partial charge in [-0.05, 0) is 55.2 Å². The number of nitrogen functional groups attached to an aromatic ring is 1. The topological polar surface area (TPSA) is 64.3 Å². The second-order valence-corrected chi connectivity index (χ2v) is 5.86. The van der Waals surface area contributed by atoms with Crippen LogP contribution >= 0.6 is 0 Å². The number of nitrogens with one attached hydrogen (secondary N) is 1. The van der Waals surface area contributed by atoms with E-state index in [-0.39, 0.29) is 5.97 Å². The van der Waals surface area contributed by atoms with E-state index in [1.807, 2.05) is 25.1 Å². The van der Waals surface area contributed by atoms with Gasteiger partial charge in [-0.15, -0.1) is 0 Å². The molecule has 0 atom stereocenters. The van der Waals surface area contributed by atoms with Gasteiger partial charge in [-0.1, -0.05) is 32.4 Å². The van der Waals surface area contributed by atoms with Crippen molar-refractivity contribution in [1.82, 2.24) is 0 Å². The Kier molecular flexibility index (Phi) is 6.67. The van der Waals surface area contributed by atoms with Gasteiger partial charge < -0.3 is 15.8 Å². The van der Waals surface area contributed by atoms with E-state index in [1.54, 1.807) is 12.1 Å². The number of unbranched alkanes of at least 4 members (excludes halogenated alkanes) is 1. The van der Waals surface area contributed by atoms with Crippen molar-refractivity contribution in [3.05, 3.63) is 53.6 Å². The summed E-state index contributed by atoms with van der Waals surface area (Å²) in [5.41, 5.74) is 10.2. The number of rotatable bonds is 8. The van der Waals surface area contributed by atoms with E-state index in [4.69, 9.17) is 10.5 Å². The summed E-state index contributed by atoms with van der Waals surface area (Å²) >= 11 is 0. The Balaban J connectivity index is 2.03. The van der Waals surface area contributed by atoms with E-state index in [9.17, 15) is 4.79 Å². The summed E-state index contributed by atoms with van der Waals surface area (Å²) in [4.78, 5) is 11.9. The molecule has 0 bridgehead atoms. The molecule has 0 spiro atoms. The molecule has 0 saturated carbocycles. The lowest BCUT2D eigenvalue weighted by molar-refractivity contribution is 0.0505. The predicted molar refractivity (Wildman–Crippen MR) is 99.8 cm³/mol. The fourth-order valence-corrected chi connectivity index (χ4v) is 2.37. The van der Waals surface area contributed by atoms with Crippen LogP contribution in [0.3, 0.4) is 0 Å². The van der Waals surface area contributed by atoms with E-state index in [0.717, 1.165) is 24.2 Å². The third-order valence-electron chi connectivity index (χ3n) is 3.78. The van der Waals surface area contributed by atoms with E-state index in [2.05, 4.69) is 24.4 Å². The van der Waals surface area contributed by atoms with Gasteiger partial charge in [-0.2, -0.15) is 0 Å². The number of esters is 1. The quantitative estimate of drug-likeness (QED) is 0.534. The molecule has 3 N–H and O–H groups in total. The molecule has 0 fully saturated rings. The zero-order valence-corrected chi connectivity index (χ0v) is 14.5. The van der Waals surface area contributed by atoms with Gasteiger partial charge in [-0.3, -0.25) is 0 Å². The molecule has 0 radical (unpaired) electrons. The second-order valence-electron chi connectivity index (χ2n) is 5.86. The first-order valence-corrected chi connectivity index (χ1v) is 8.56. The van der Waals surface area contributed by atoms with Crippen LogP contribution in [0.5, 0.6) is 0 Å². The smallest absolute Gasteiger partial charge is 0.338 e. The SMILES string of the molecule is CCCCc1ccc(Nc2ccc(C(=O)OCCC)cc2N)cc1. The van der Waals surface area contributed by atoms with Crippen molar-refractivity contribution in [3.63, 3.8) is 0 Å². The summed E-state index contributed by atoms with van der Waals surface area (Å²) in [6, 6.07) is 13.5. The number of hydrogen-bond acceptors (Lipinski definition) is 4. The molecule has 24 heavy (non-hydrogen) atoms. The maximum Gasteiger partial charge on any atom is 0.338 e. The maximum absolute atomic E-state index is 11.9. The summed E-state index contributed by atoms with van der Waals surface area (Å²) in [6.07, 6.45) is 4.31. The summed E-state index contributed by atoms with van der Waals surface area (Å²) in [7, 11) is 0. The second kappa shape index (κ2) is 8.96. The zero-order chi connectivity index (χ0) is 17.4. The Morgan fingerprint density at radius 3 is 2.46 bits per heavy atom. The fraction of sp³-hybridized carbons (Fsp3) is 0.350. The van der Waals surface area contributed by atoms with E-state index in [0.29, 0.717) is 17.9 Å². The molecule has 0 aliphatic heterocycles. The minimum atomic E-state index is -0.338. The molecule has 128 valence electrons. The Labute approximate surface area is 144 Å². The zero-order valence-electron chi connectivity index (χ0n) is 14.5. The van der Waals surface area contributed by atoms with Gasteiger partial charge in [-0.25, -0.2) is 4.79 Å². The Morgan fingerprint density at radius 2 is 1.83 bits per heavy atom. The van der Waals surface area contributed by atoms with E-state index >= 15 is 0 Å². The average Bonchev–Trinajstić information content (AvgIpc) is 2.60. The highest BCUT2D eigenvalue weighted by Gasteiger charge is 2.09. The molecule has 0 heterocycles. The van der Waals surface area contributed by atoms with Crippen molar-refractivity contribution in [2.24, 2.45) is 0 Å². The highest BCUT2D eigenvalue weighted by Crippen LogP contribution is 2.25. The van der Waals surface area contributed by atoms with Crippen molar-refractivity contribution in [2.75, 3.05) is 17.7 Å². The van der Waals surface area contributed by atoms with Crippen LogP contribution in [0.4, 0.5) is 17.1 Å². The van der Waals surface area contributed by atoms with E-state index < -0.39 is 0 Å². The predicted octanol–water partition coefficient (Wildman–Crippen LogP) is 4.92. The number of ether oxygens (including phenoxy) is 1. The van der Waals surface area contributed by atoms with Crippen LogP contribution < -0.4 is 11.1 Å². The van der Waals surface area contributed by atoms with Crippen LogP contribution in [-0.2, 0) is 11.2 Å². The Bertz CT molecular complexity index is 666. The van der Waals surface area contributed by atoms with Crippen LogP contribution in [0.15, 0.2) is 42.5 Å². The summed E-state index contributed by atoms with van der Waals surface area (Å²) in [5, 5.41) is 3.29. The molecule has 2 aromatic carbocycles.